The van der Waals surface area contributed by atoms with Gasteiger partial charge < -0.3 is 10.6 Å². The summed E-state index contributed by atoms with van der Waals surface area (Å²) in [5, 5.41) is 14.1. The number of aryl methyl sites for hydroxylation is 1. The molecule has 21 heavy (non-hydrogen) atoms. The zero-order valence-electron chi connectivity index (χ0n) is 12.1. The van der Waals surface area contributed by atoms with Gasteiger partial charge in [-0.25, -0.2) is 4.98 Å². The van der Waals surface area contributed by atoms with E-state index in [1.54, 1.807) is 11.3 Å². The third-order valence-electron chi connectivity index (χ3n) is 3.10. The van der Waals surface area contributed by atoms with E-state index in [1.165, 1.54) is 0 Å². The molecular formula is C14H18N6S. The number of hydrogen-bond donors (Lipinski definition) is 2. The van der Waals surface area contributed by atoms with E-state index in [0.717, 1.165) is 41.2 Å². The molecule has 7 heteroatoms. The fraction of sp³-hybridized carbons (Fsp3) is 0.357. The molecule has 0 aliphatic rings. The van der Waals surface area contributed by atoms with Crippen LogP contribution in [0.4, 0.5) is 11.8 Å². The highest BCUT2D eigenvalue weighted by Crippen LogP contribution is 2.26. The van der Waals surface area contributed by atoms with Gasteiger partial charge in [0.1, 0.15) is 10.6 Å². The molecule has 0 fully saturated rings. The van der Waals surface area contributed by atoms with Gasteiger partial charge >= 0.3 is 0 Å². The largest absolute Gasteiger partial charge is 0.369 e. The fourth-order valence-corrected chi connectivity index (χ4v) is 2.90. The van der Waals surface area contributed by atoms with Gasteiger partial charge in [0.2, 0.25) is 5.95 Å². The lowest BCUT2D eigenvalue weighted by molar-refractivity contribution is 0.742. The minimum absolute atomic E-state index is 0.674. The van der Waals surface area contributed by atoms with Gasteiger partial charge in [0.05, 0.1) is 11.1 Å². The topological polar surface area (TPSA) is 67.7 Å². The third-order valence-corrected chi connectivity index (χ3v) is 3.91. The van der Waals surface area contributed by atoms with E-state index in [-0.39, 0.29) is 0 Å². The molecule has 3 aromatic heterocycles. The Morgan fingerprint density at radius 3 is 2.90 bits per heavy atom. The summed E-state index contributed by atoms with van der Waals surface area (Å²) in [6, 6.07) is 4.09. The van der Waals surface area contributed by atoms with Crippen LogP contribution in [0.3, 0.4) is 0 Å². The van der Waals surface area contributed by atoms with E-state index in [2.05, 4.69) is 31.8 Å². The van der Waals surface area contributed by atoms with E-state index >= 15 is 0 Å². The fourth-order valence-electron chi connectivity index (χ4n) is 2.13. The lowest BCUT2D eigenvalue weighted by Crippen LogP contribution is -2.09. The molecule has 0 saturated heterocycles. The van der Waals surface area contributed by atoms with Crippen molar-refractivity contribution in [2.75, 3.05) is 23.7 Å². The number of aromatic nitrogens is 4. The van der Waals surface area contributed by atoms with Gasteiger partial charge in [0.25, 0.3) is 0 Å². The summed E-state index contributed by atoms with van der Waals surface area (Å²) in [5.74, 6) is 1.56. The molecule has 0 radical (unpaired) electrons. The maximum atomic E-state index is 4.55. The van der Waals surface area contributed by atoms with E-state index < -0.39 is 0 Å². The van der Waals surface area contributed by atoms with Crippen molar-refractivity contribution in [1.29, 1.82) is 0 Å². The highest BCUT2D eigenvalue weighted by Gasteiger charge is 2.08. The molecule has 0 amide bonds. The van der Waals surface area contributed by atoms with Gasteiger partial charge in [-0.05, 0) is 24.4 Å². The quantitative estimate of drug-likeness (QED) is 0.732. The average molecular weight is 302 g/mol. The first-order chi connectivity index (χ1) is 10.3. The zero-order chi connectivity index (χ0) is 14.7. The maximum absolute atomic E-state index is 4.55. The second-order valence-electron chi connectivity index (χ2n) is 4.72. The first-order valence-corrected chi connectivity index (χ1v) is 7.85. The van der Waals surface area contributed by atoms with Crippen molar-refractivity contribution >= 4 is 33.3 Å². The number of fused-ring (bicyclic) bond motifs is 1. The third kappa shape index (κ3) is 3.13. The summed E-state index contributed by atoms with van der Waals surface area (Å²) in [6.45, 7) is 3.64. The number of thiophene rings is 1. The Morgan fingerprint density at radius 1 is 1.24 bits per heavy atom. The van der Waals surface area contributed by atoms with Crippen molar-refractivity contribution < 1.29 is 0 Å². The molecule has 3 heterocycles. The van der Waals surface area contributed by atoms with Crippen LogP contribution in [-0.2, 0) is 13.5 Å². The van der Waals surface area contributed by atoms with Gasteiger partial charge in [-0.1, -0.05) is 0 Å². The minimum Gasteiger partial charge on any atom is -0.369 e. The van der Waals surface area contributed by atoms with Crippen LogP contribution in [-0.4, -0.2) is 32.8 Å². The average Bonchev–Trinajstić information content (AvgIpc) is 3.08. The van der Waals surface area contributed by atoms with Crippen LogP contribution in [0.1, 0.15) is 12.6 Å². The number of nitrogens with one attached hydrogen (secondary N) is 2. The van der Waals surface area contributed by atoms with Crippen molar-refractivity contribution in [3.05, 3.63) is 29.4 Å². The molecule has 2 N–H and O–H groups in total. The van der Waals surface area contributed by atoms with Gasteiger partial charge in [0, 0.05) is 32.8 Å². The van der Waals surface area contributed by atoms with Crippen LogP contribution in [0.15, 0.2) is 23.7 Å². The summed E-state index contributed by atoms with van der Waals surface area (Å²) in [7, 11) is 1.93. The Balaban J connectivity index is 1.74. The standard InChI is InChI=1S/C14H18N6S/c1-3-15-14-17-12(11-6-9-21-13(11)18-14)16-7-4-10-5-8-20(2)19-10/h5-6,8-9H,3-4,7H2,1-2H3,(H2,15,16,17,18). The summed E-state index contributed by atoms with van der Waals surface area (Å²) in [5.41, 5.74) is 1.08. The van der Waals surface area contributed by atoms with E-state index in [9.17, 15) is 0 Å². The predicted octanol–water partition coefficient (Wildman–Crippen LogP) is 2.51. The van der Waals surface area contributed by atoms with Crippen molar-refractivity contribution in [2.24, 2.45) is 7.05 Å². The molecule has 3 aromatic rings. The summed E-state index contributed by atoms with van der Waals surface area (Å²) in [4.78, 5) is 10.0. The van der Waals surface area contributed by atoms with Crippen LogP contribution >= 0.6 is 11.3 Å². The van der Waals surface area contributed by atoms with E-state index in [4.69, 9.17) is 0 Å². The summed E-state index contributed by atoms with van der Waals surface area (Å²) >= 11 is 1.63. The van der Waals surface area contributed by atoms with Crippen molar-refractivity contribution in [3.63, 3.8) is 0 Å². The molecule has 6 nitrogen and oxygen atoms in total. The second-order valence-corrected chi connectivity index (χ2v) is 5.62. The molecule has 0 atom stereocenters. The lowest BCUT2D eigenvalue weighted by Gasteiger charge is -2.08. The van der Waals surface area contributed by atoms with Crippen molar-refractivity contribution in [3.8, 4) is 0 Å². The van der Waals surface area contributed by atoms with Crippen LogP contribution in [0.25, 0.3) is 10.2 Å². The molecule has 0 aromatic carbocycles. The molecule has 0 aliphatic carbocycles. The Morgan fingerprint density at radius 2 is 2.14 bits per heavy atom. The molecule has 0 saturated carbocycles. The molecular weight excluding hydrogens is 284 g/mol. The molecule has 110 valence electrons. The number of nitrogens with zero attached hydrogens (tertiary/aromatic N) is 4. The minimum atomic E-state index is 0.674. The molecule has 0 spiro atoms. The van der Waals surface area contributed by atoms with Crippen LogP contribution in [0.2, 0.25) is 0 Å². The van der Waals surface area contributed by atoms with Crippen molar-refractivity contribution in [1.82, 2.24) is 19.7 Å². The van der Waals surface area contributed by atoms with Gasteiger partial charge in [-0.2, -0.15) is 10.1 Å². The zero-order valence-corrected chi connectivity index (χ0v) is 12.9. The first-order valence-electron chi connectivity index (χ1n) is 6.98. The summed E-state index contributed by atoms with van der Waals surface area (Å²) < 4.78 is 1.82. The molecule has 0 aliphatic heterocycles. The Bertz CT molecular complexity index is 732. The number of hydrogen-bond acceptors (Lipinski definition) is 6. The number of anilines is 2. The Hall–Kier alpha value is -2.15. The molecule has 3 rings (SSSR count). The van der Waals surface area contributed by atoms with Gasteiger partial charge in [-0.15, -0.1) is 11.3 Å². The van der Waals surface area contributed by atoms with Crippen molar-refractivity contribution in [2.45, 2.75) is 13.3 Å². The molecule has 0 bridgehead atoms. The second kappa shape index (κ2) is 6.09. The van der Waals surface area contributed by atoms with E-state index in [1.807, 2.05) is 36.3 Å². The molecule has 0 unspecified atom stereocenters. The SMILES string of the molecule is CCNc1nc(NCCc2ccn(C)n2)c2ccsc2n1. The normalized spacial score (nSPS) is 11.0. The van der Waals surface area contributed by atoms with Crippen LogP contribution in [0.5, 0.6) is 0 Å². The maximum Gasteiger partial charge on any atom is 0.226 e. The van der Waals surface area contributed by atoms with E-state index in [0.29, 0.717) is 5.95 Å². The number of rotatable bonds is 6. The smallest absolute Gasteiger partial charge is 0.226 e. The monoisotopic (exact) mass is 302 g/mol. The Kier molecular flexibility index (Phi) is 4.01. The lowest BCUT2D eigenvalue weighted by atomic mass is 10.3. The van der Waals surface area contributed by atoms with Gasteiger partial charge in [0.15, 0.2) is 0 Å². The van der Waals surface area contributed by atoms with Crippen LogP contribution in [0, 0.1) is 0 Å². The highest BCUT2D eigenvalue weighted by molar-refractivity contribution is 7.16. The Labute approximate surface area is 127 Å². The summed E-state index contributed by atoms with van der Waals surface area (Å²) in [6.07, 6.45) is 2.83. The van der Waals surface area contributed by atoms with Crippen LogP contribution < -0.4 is 10.6 Å². The first kappa shape index (κ1) is 13.8. The van der Waals surface area contributed by atoms with Gasteiger partial charge in [-0.3, -0.25) is 4.68 Å². The highest BCUT2D eigenvalue weighted by atomic mass is 32.1. The predicted molar refractivity (Wildman–Crippen MR) is 87.0 cm³/mol.